The topological polar surface area (TPSA) is 28.2 Å². The molecule has 1 atom stereocenters. The van der Waals surface area contributed by atoms with Crippen LogP contribution in [0.2, 0.25) is 5.02 Å². The predicted octanol–water partition coefficient (Wildman–Crippen LogP) is 3.97. The lowest BCUT2D eigenvalue weighted by Gasteiger charge is -2.21. The second-order valence-corrected chi connectivity index (χ2v) is 5.06. The third-order valence-corrected chi connectivity index (χ3v) is 3.30. The van der Waals surface area contributed by atoms with Gasteiger partial charge in [-0.1, -0.05) is 29.8 Å². The van der Waals surface area contributed by atoms with Crippen LogP contribution in [-0.4, -0.2) is 19.1 Å². The molecule has 2 rings (SSSR count). The molecule has 0 saturated heterocycles. The fraction of sp³-hybridized carbons (Fsp3) is 0.267. The number of pyridine rings is 1. The van der Waals surface area contributed by atoms with Gasteiger partial charge in [-0.15, -0.1) is 0 Å². The Labute approximate surface area is 119 Å². The maximum absolute atomic E-state index is 6.22. The molecule has 0 saturated carbocycles. The summed E-state index contributed by atoms with van der Waals surface area (Å²) in [6.07, 6.45) is 1.79. The standard InChI is InChI=1S/C15H18ClN3/c1-11(12-7-4-5-8-13(12)16)18-14-9-6-10-17-15(14)19(2)3/h4-11,18H,1-3H3. The first-order chi connectivity index (χ1) is 9.09. The molecule has 1 aromatic carbocycles. The zero-order valence-electron chi connectivity index (χ0n) is 11.4. The molecule has 0 amide bonds. The van der Waals surface area contributed by atoms with E-state index in [9.17, 15) is 0 Å². The van der Waals surface area contributed by atoms with Crippen LogP contribution in [0.1, 0.15) is 18.5 Å². The van der Waals surface area contributed by atoms with E-state index < -0.39 is 0 Å². The molecule has 1 aromatic heterocycles. The van der Waals surface area contributed by atoms with Crippen LogP contribution in [0.15, 0.2) is 42.6 Å². The highest BCUT2D eigenvalue weighted by molar-refractivity contribution is 6.31. The normalized spacial score (nSPS) is 12.0. The quantitative estimate of drug-likeness (QED) is 0.915. The molecule has 2 aromatic rings. The third kappa shape index (κ3) is 3.18. The molecule has 0 spiro atoms. The van der Waals surface area contributed by atoms with Crippen molar-refractivity contribution in [1.29, 1.82) is 0 Å². The van der Waals surface area contributed by atoms with Crippen LogP contribution in [0.4, 0.5) is 11.5 Å². The highest BCUT2D eigenvalue weighted by atomic mass is 35.5. The van der Waals surface area contributed by atoms with Crippen molar-refractivity contribution in [2.45, 2.75) is 13.0 Å². The monoisotopic (exact) mass is 275 g/mol. The summed E-state index contributed by atoms with van der Waals surface area (Å²) in [6.45, 7) is 2.09. The zero-order valence-corrected chi connectivity index (χ0v) is 12.1. The van der Waals surface area contributed by atoms with E-state index in [1.807, 2.05) is 55.4 Å². The molecule has 19 heavy (non-hydrogen) atoms. The van der Waals surface area contributed by atoms with Crippen LogP contribution in [-0.2, 0) is 0 Å². The number of benzene rings is 1. The molecule has 0 radical (unpaired) electrons. The summed E-state index contributed by atoms with van der Waals surface area (Å²) in [5.74, 6) is 0.918. The molecule has 1 N–H and O–H groups in total. The second kappa shape index (κ2) is 5.93. The average Bonchev–Trinajstić information content (AvgIpc) is 2.39. The van der Waals surface area contributed by atoms with Crippen LogP contribution >= 0.6 is 11.6 Å². The molecular weight excluding hydrogens is 258 g/mol. The minimum atomic E-state index is 0.122. The minimum absolute atomic E-state index is 0.122. The van der Waals surface area contributed by atoms with Gasteiger partial charge in [-0.2, -0.15) is 0 Å². The fourth-order valence-electron chi connectivity index (χ4n) is 2.00. The summed E-state index contributed by atoms with van der Waals surface area (Å²) in [5.41, 5.74) is 2.08. The van der Waals surface area contributed by atoms with Gasteiger partial charge in [-0.3, -0.25) is 0 Å². The van der Waals surface area contributed by atoms with Crippen molar-refractivity contribution in [3.05, 3.63) is 53.2 Å². The summed E-state index contributed by atoms with van der Waals surface area (Å²) >= 11 is 6.22. The number of hydrogen-bond donors (Lipinski definition) is 1. The van der Waals surface area contributed by atoms with Crippen molar-refractivity contribution < 1.29 is 0 Å². The van der Waals surface area contributed by atoms with E-state index in [1.54, 1.807) is 6.20 Å². The molecule has 0 aliphatic rings. The van der Waals surface area contributed by atoms with Crippen molar-refractivity contribution >= 4 is 23.1 Å². The average molecular weight is 276 g/mol. The summed E-state index contributed by atoms with van der Waals surface area (Å²) in [7, 11) is 3.96. The van der Waals surface area contributed by atoms with Crippen LogP contribution < -0.4 is 10.2 Å². The Bertz CT molecular complexity index is 555. The highest BCUT2D eigenvalue weighted by Gasteiger charge is 2.12. The van der Waals surface area contributed by atoms with Crippen molar-refractivity contribution in [2.75, 3.05) is 24.3 Å². The lowest BCUT2D eigenvalue weighted by molar-refractivity contribution is 0.880. The Kier molecular flexibility index (Phi) is 4.27. The predicted molar refractivity (Wildman–Crippen MR) is 82.1 cm³/mol. The molecule has 100 valence electrons. The number of rotatable bonds is 4. The Balaban J connectivity index is 2.24. The van der Waals surface area contributed by atoms with Gasteiger partial charge < -0.3 is 10.2 Å². The highest BCUT2D eigenvalue weighted by Crippen LogP contribution is 2.28. The van der Waals surface area contributed by atoms with Gasteiger partial charge in [0, 0.05) is 25.3 Å². The zero-order chi connectivity index (χ0) is 13.8. The lowest BCUT2D eigenvalue weighted by atomic mass is 10.1. The molecular formula is C15H18ClN3. The molecule has 1 heterocycles. The van der Waals surface area contributed by atoms with Gasteiger partial charge in [-0.05, 0) is 30.7 Å². The van der Waals surface area contributed by atoms with Gasteiger partial charge in [0.05, 0.1) is 11.7 Å². The smallest absolute Gasteiger partial charge is 0.151 e. The van der Waals surface area contributed by atoms with E-state index >= 15 is 0 Å². The van der Waals surface area contributed by atoms with Gasteiger partial charge in [-0.25, -0.2) is 4.98 Å². The van der Waals surface area contributed by atoms with Gasteiger partial charge >= 0.3 is 0 Å². The molecule has 3 nitrogen and oxygen atoms in total. The van der Waals surface area contributed by atoms with E-state index in [2.05, 4.69) is 17.2 Å². The molecule has 0 fully saturated rings. The third-order valence-electron chi connectivity index (χ3n) is 2.95. The second-order valence-electron chi connectivity index (χ2n) is 4.66. The number of nitrogens with zero attached hydrogens (tertiary/aromatic N) is 2. The molecule has 0 aliphatic carbocycles. The van der Waals surface area contributed by atoms with Crippen LogP contribution in [0.25, 0.3) is 0 Å². The molecule has 4 heteroatoms. The first kappa shape index (κ1) is 13.7. The van der Waals surface area contributed by atoms with Gasteiger partial charge in [0.25, 0.3) is 0 Å². The minimum Gasteiger partial charge on any atom is -0.375 e. The largest absolute Gasteiger partial charge is 0.375 e. The van der Waals surface area contributed by atoms with Gasteiger partial charge in [0.1, 0.15) is 0 Å². The lowest BCUT2D eigenvalue weighted by Crippen LogP contribution is -2.15. The SMILES string of the molecule is CC(Nc1cccnc1N(C)C)c1ccccc1Cl. The van der Waals surface area contributed by atoms with E-state index in [0.717, 1.165) is 22.1 Å². The Morgan fingerprint density at radius 2 is 1.89 bits per heavy atom. The van der Waals surface area contributed by atoms with Gasteiger partial charge in [0.15, 0.2) is 5.82 Å². The van der Waals surface area contributed by atoms with Crippen molar-refractivity contribution in [3.8, 4) is 0 Å². The maximum Gasteiger partial charge on any atom is 0.151 e. The summed E-state index contributed by atoms with van der Waals surface area (Å²) in [6, 6.07) is 11.9. The van der Waals surface area contributed by atoms with E-state index in [4.69, 9.17) is 11.6 Å². The van der Waals surface area contributed by atoms with E-state index in [-0.39, 0.29) is 6.04 Å². The Hall–Kier alpha value is -1.74. The summed E-state index contributed by atoms with van der Waals surface area (Å²) < 4.78 is 0. The number of hydrogen-bond acceptors (Lipinski definition) is 3. The van der Waals surface area contributed by atoms with Crippen LogP contribution in [0, 0.1) is 0 Å². The first-order valence-electron chi connectivity index (χ1n) is 6.23. The van der Waals surface area contributed by atoms with E-state index in [1.165, 1.54) is 0 Å². The summed E-state index contributed by atoms with van der Waals surface area (Å²) in [5, 5.41) is 4.24. The Morgan fingerprint density at radius 3 is 2.58 bits per heavy atom. The number of aromatic nitrogens is 1. The van der Waals surface area contributed by atoms with E-state index in [0.29, 0.717) is 0 Å². The van der Waals surface area contributed by atoms with Crippen molar-refractivity contribution in [3.63, 3.8) is 0 Å². The molecule has 0 bridgehead atoms. The molecule has 1 unspecified atom stereocenters. The fourth-order valence-corrected chi connectivity index (χ4v) is 2.30. The van der Waals surface area contributed by atoms with Gasteiger partial charge in [0.2, 0.25) is 0 Å². The van der Waals surface area contributed by atoms with Crippen LogP contribution in [0.3, 0.4) is 0 Å². The Morgan fingerprint density at radius 1 is 1.16 bits per heavy atom. The maximum atomic E-state index is 6.22. The molecule has 0 aliphatic heterocycles. The number of anilines is 2. The first-order valence-corrected chi connectivity index (χ1v) is 6.60. The summed E-state index contributed by atoms with van der Waals surface area (Å²) in [4.78, 5) is 6.37. The van der Waals surface area contributed by atoms with Crippen molar-refractivity contribution in [2.24, 2.45) is 0 Å². The van der Waals surface area contributed by atoms with Crippen molar-refractivity contribution in [1.82, 2.24) is 4.98 Å². The van der Waals surface area contributed by atoms with Crippen LogP contribution in [0.5, 0.6) is 0 Å². The number of nitrogens with one attached hydrogen (secondary N) is 1. The number of halogens is 1.